The van der Waals surface area contributed by atoms with Crippen molar-refractivity contribution in [2.24, 2.45) is 0 Å². The molecule has 0 unspecified atom stereocenters. The lowest BCUT2D eigenvalue weighted by molar-refractivity contribution is -0.114. The summed E-state index contributed by atoms with van der Waals surface area (Å²) < 4.78 is 1.13. The average Bonchev–Trinajstić information content (AvgIpc) is 2.96. The van der Waals surface area contributed by atoms with Crippen molar-refractivity contribution in [3.63, 3.8) is 0 Å². The molecule has 1 aromatic heterocycles. The van der Waals surface area contributed by atoms with E-state index < -0.39 is 0 Å². The Morgan fingerprint density at radius 1 is 1.17 bits per heavy atom. The van der Waals surface area contributed by atoms with E-state index in [1.807, 2.05) is 68.3 Å². The largest absolute Gasteiger partial charge is 0.342 e. The van der Waals surface area contributed by atoms with Crippen molar-refractivity contribution in [2.75, 3.05) is 23.8 Å². The van der Waals surface area contributed by atoms with Crippen LogP contribution < -0.4 is 10.2 Å². The monoisotopic (exact) mass is 325 g/mol. The number of hydrogen-bond acceptors (Lipinski definition) is 4. The SMILES string of the molecule is Cc1cccc(NC(=O)CN(C)c2nc3ccccc3s2)c1C. The number of likely N-dealkylation sites (N-methyl/N-ethyl adjacent to an activating group) is 1. The molecule has 0 aliphatic carbocycles. The molecule has 0 saturated heterocycles. The van der Waals surface area contributed by atoms with Gasteiger partial charge in [-0.25, -0.2) is 4.98 Å². The third kappa shape index (κ3) is 3.35. The van der Waals surface area contributed by atoms with E-state index in [0.29, 0.717) is 0 Å². The Morgan fingerprint density at radius 3 is 2.74 bits per heavy atom. The first-order valence-electron chi connectivity index (χ1n) is 7.47. The second-order valence-corrected chi connectivity index (χ2v) is 6.62. The Kier molecular flexibility index (Phi) is 4.30. The number of aromatic nitrogens is 1. The predicted octanol–water partition coefficient (Wildman–Crippen LogP) is 3.99. The maximum Gasteiger partial charge on any atom is 0.243 e. The van der Waals surface area contributed by atoms with Crippen molar-refractivity contribution < 1.29 is 4.79 Å². The quantitative estimate of drug-likeness (QED) is 0.789. The van der Waals surface area contributed by atoms with Crippen molar-refractivity contribution in [1.82, 2.24) is 4.98 Å². The van der Waals surface area contributed by atoms with Crippen LogP contribution in [0.25, 0.3) is 10.2 Å². The number of rotatable bonds is 4. The van der Waals surface area contributed by atoms with Crippen LogP contribution in [-0.2, 0) is 4.79 Å². The summed E-state index contributed by atoms with van der Waals surface area (Å²) in [6.45, 7) is 4.33. The molecule has 0 aliphatic rings. The third-order valence-corrected chi connectivity index (χ3v) is 5.02. The molecule has 3 aromatic rings. The first-order chi connectivity index (χ1) is 11.0. The lowest BCUT2D eigenvalue weighted by Gasteiger charge is -2.16. The molecule has 4 nitrogen and oxygen atoms in total. The van der Waals surface area contributed by atoms with Crippen LogP contribution in [0.4, 0.5) is 10.8 Å². The number of nitrogens with one attached hydrogen (secondary N) is 1. The van der Waals surface area contributed by atoms with Gasteiger partial charge in [-0.05, 0) is 43.2 Å². The highest BCUT2D eigenvalue weighted by atomic mass is 32.1. The van der Waals surface area contributed by atoms with Gasteiger partial charge in [0, 0.05) is 12.7 Å². The van der Waals surface area contributed by atoms with E-state index in [0.717, 1.165) is 26.6 Å². The first-order valence-corrected chi connectivity index (χ1v) is 8.29. The van der Waals surface area contributed by atoms with E-state index in [1.54, 1.807) is 11.3 Å². The minimum absolute atomic E-state index is 0.0412. The van der Waals surface area contributed by atoms with Crippen molar-refractivity contribution in [3.05, 3.63) is 53.6 Å². The number of hydrogen-bond donors (Lipinski definition) is 1. The number of thiazole rings is 1. The topological polar surface area (TPSA) is 45.2 Å². The van der Waals surface area contributed by atoms with Crippen LogP contribution in [0.2, 0.25) is 0 Å². The molecule has 1 amide bonds. The molecule has 23 heavy (non-hydrogen) atoms. The van der Waals surface area contributed by atoms with Gasteiger partial charge < -0.3 is 10.2 Å². The number of carbonyl (C=O) groups is 1. The predicted molar refractivity (Wildman–Crippen MR) is 97.4 cm³/mol. The van der Waals surface area contributed by atoms with E-state index in [-0.39, 0.29) is 12.5 Å². The standard InChI is InChI=1S/C18H19N3OS/c1-12-7-6-9-14(13(12)2)19-17(22)11-21(3)18-20-15-8-4-5-10-16(15)23-18/h4-10H,11H2,1-3H3,(H,19,22). The zero-order valence-electron chi connectivity index (χ0n) is 13.5. The highest BCUT2D eigenvalue weighted by Gasteiger charge is 2.13. The van der Waals surface area contributed by atoms with Crippen molar-refractivity contribution in [3.8, 4) is 0 Å². The highest BCUT2D eigenvalue weighted by molar-refractivity contribution is 7.22. The van der Waals surface area contributed by atoms with Crippen molar-refractivity contribution in [1.29, 1.82) is 0 Å². The summed E-state index contributed by atoms with van der Waals surface area (Å²) in [7, 11) is 1.89. The minimum atomic E-state index is -0.0412. The number of benzene rings is 2. The highest BCUT2D eigenvalue weighted by Crippen LogP contribution is 2.27. The number of amides is 1. The average molecular weight is 325 g/mol. The van der Waals surface area contributed by atoms with Crippen LogP contribution in [0.5, 0.6) is 0 Å². The van der Waals surface area contributed by atoms with Gasteiger partial charge in [0.2, 0.25) is 5.91 Å². The molecule has 0 bridgehead atoms. The minimum Gasteiger partial charge on any atom is -0.342 e. The molecule has 3 rings (SSSR count). The molecule has 0 spiro atoms. The van der Waals surface area contributed by atoms with Crippen molar-refractivity contribution in [2.45, 2.75) is 13.8 Å². The Balaban J connectivity index is 1.70. The summed E-state index contributed by atoms with van der Waals surface area (Å²) >= 11 is 1.59. The van der Waals surface area contributed by atoms with Crippen molar-refractivity contribution >= 4 is 38.3 Å². The zero-order valence-corrected chi connectivity index (χ0v) is 14.3. The van der Waals surface area contributed by atoms with Gasteiger partial charge in [0.05, 0.1) is 16.8 Å². The number of carbonyl (C=O) groups excluding carboxylic acids is 1. The third-order valence-electron chi connectivity index (χ3n) is 3.87. The van der Waals surface area contributed by atoms with Crippen LogP contribution in [0.15, 0.2) is 42.5 Å². The van der Waals surface area contributed by atoms with Gasteiger partial charge in [-0.2, -0.15) is 0 Å². The van der Waals surface area contributed by atoms with E-state index >= 15 is 0 Å². The summed E-state index contributed by atoms with van der Waals surface area (Å²) in [5.41, 5.74) is 4.10. The Morgan fingerprint density at radius 2 is 1.96 bits per heavy atom. The van der Waals surface area contributed by atoms with E-state index in [2.05, 4.69) is 10.3 Å². The fourth-order valence-electron chi connectivity index (χ4n) is 2.38. The fraction of sp³-hybridized carbons (Fsp3) is 0.222. The first kappa shape index (κ1) is 15.5. The van der Waals surface area contributed by atoms with Gasteiger partial charge in [-0.1, -0.05) is 35.6 Å². The van der Waals surface area contributed by atoms with Crippen LogP contribution in [0.3, 0.4) is 0 Å². The van der Waals surface area contributed by atoms with Gasteiger partial charge in [0.25, 0.3) is 0 Å². The van der Waals surface area contributed by atoms with Gasteiger partial charge >= 0.3 is 0 Å². The second kappa shape index (κ2) is 6.38. The molecule has 0 aliphatic heterocycles. The lowest BCUT2D eigenvalue weighted by atomic mass is 10.1. The zero-order chi connectivity index (χ0) is 16.4. The number of nitrogens with zero attached hydrogens (tertiary/aromatic N) is 2. The molecular weight excluding hydrogens is 306 g/mol. The molecular formula is C18H19N3OS. The lowest BCUT2D eigenvalue weighted by Crippen LogP contribution is -2.30. The smallest absolute Gasteiger partial charge is 0.243 e. The number of para-hydroxylation sites is 1. The number of anilines is 2. The number of aryl methyl sites for hydroxylation is 1. The summed E-state index contributed by atoms with van der Waals surface area (Å²) in [6, 6.07) is 13.9. The Bertz CT molecular complexity index is 823. The maximum atomic E-state index is 12.3. The summed E-state index contributed by atoms with van der Waals surface area (Å²) in [6.07, 6.45) is 0. The summed E-state index contributed by atoms with van der Waals surface area (Å²) in [4.78, 5) is 18.7. The summed E-state index contributed by atoms with van der Waals surface area (Å²) in [5, 5.41) is 3.83. The van der Waals surface area contributed by atoms with Gasteiger partial charge in [0.1, 0.15) is 0 Å². The molecule has 118 valence electrons. The maximum absolute atomic E-state index is 12.3. The van der Waals surface area contributed by atoms with E-state index in [1.165, 1.54) is 5.56 Å². The van der Waals surface area contributed by atoms with Crippen LogP contribution in [0.1, 0.15) is 11.1 Å². The van der Waals surface area contributed by atoms with Gasteiger partial charge in [-0.3, -0.25) is 4.79 Å². The Hall–Kier alpha value is -2.40. The Labute approximate surface area is 139 Å². The molecule has 1 N–H and O–H groups in total. The number of fused-ring (bicyclic) bond motifs is 1. The van der Waals surface area contributed by atoms with E-state index in [4.69, 9.17) is 0 Å². The van der Waals surface area contributed by atoms with Crippen LogP contribution in [-0.4, -0.2) is 24.5 Å². The van der Waals surface area contributed by atoms with Crippen LogP contribution in [0, 0.1) is 13.8 Å². The molecule has 0 saturated carbocycles. The second-order valence-electron chi connectivity index (χ2n) is 5.62. The van der Waals surface area contributed by atoms with Crippen LogP contribution >= 0.6 is 11.3 Å². The molecule has 5 heteroatoms. The summed E-state index contributed by atoms with van der Waals surface area (Å²) in [5.74, 6) is -0.0412. The van der Waals surface area contributed by atoms with Gasteiger partial charge in [-0.15, -0.1) is 0 Å². The van der Waals surface area contributed by atoms with Gasteiger partial charge in [0.15, 0.2) is 5.13 Å². The molecule has 0 atom stereocenters. The molecule has 0 radical (unpaired) electrons. The normalized spacial score (nSPS) is 10.7. The molecule has 1 heterocycles. The molecule has 0 fully saturated rings. The van der Waals surface area contributed by atoms with E-state index in [9.17, 15) is 4.79 Å². The molecule has 2 aromatic carbocycles. The fourth-order valence-corrected chi connectivity index (χ4v) is 3.31.